The van der Waals surface area contributed by atoms with Gasteiger partial charge in [0.25, 0.3) is 0 Å². The van der Waals surface area contributed by atoms with E-state index in [0.29, 0.717) is 13.0 Å². The zero-order valence-corrected chi connectivity index (χ0v) is 12.2. The summed E-state index contributed by atoms with van der Waals surface area (Å²) in [5, 5.41) is 8.51. The first-order valence-electron chi connectivity index (χ1n) is 6.26. The molecule has 9 heteroatoms. The average Bonchev–Trinajstić information content (AvgIpc) is 2.42. The second-order valence-corrected chi connectivity index (χ2v) is 5.94. The molecule has 0 fully saturated rings. The van der Waals surface area contributed by atoms with E-state index in [9.17, 15) is 13.2 Å². The fraction of sp³-hybridized carbons (Fsp3) is 0.417. The molecule has 8 nitrogen and oxygen atoms in total. The number of primary amides is 1. The fourth-order valence-corrected chi connectivity index (χ4v) is 2.76. The van der Waals surface area contributed by atoms with Crippen LogP contribution in [0.15, 0.2) is 23.1 Å². The van der Waals surface area contributed by atoms with Gasteiger partial charge in [0.2, 0.25) is 15.9 Å². The van der Waals surface area contributed by atoms with Crippen LogP contribution in [0, 0.1) is 0 Å². The first-order valence-corrected chi connectivity index (χ1v) is 7.74. The highest BCUT2D eigenvalue weighted by atomic mass is 32.2. The van der Waals surface area contributed by atoms with Crippen molar-refractivity contribution in [2.24, 2.45) is 5.73 Å². The van der Waals surface area contributed by atoms with Crippen LogP contribution in [-0.2, 0) is 14.8 Å². The third-order valence-electron chi connectivity index (χ3n) is 2.58. The average molecular weight is 317 g/mol. The van der Waals surface area contributed by atoms with Gasteiger partial charge in [-0.1, -0.05) is 0 Å². The summed E-state index contributed by atoms with van der Waals surface area (Å²) < 4.78 is 31.5. The zero-order chi connectivity index (χ0) is 15.9. The Labute approximate surface area is 123 Å². The van der Waals surface area contributed by atoms with Gasteiger partial charge in [0, 0.05) is 18.7 Å². The van der Waals surface area contributed by atoms with Crippen LogP contribution in [0.4, 0.5) is 5.69 Å². The van der Waals surface area contributed by atoms with Crippen LogP contribution in [0.3, 0.4) is 0 Å². The zero-order valence-electron chi connectivity index (χ0n) is 11.4. The number of amides is 1. The van der Waals surface area contributed by atoms with E-state index >= 15 is 0 Å². The summed E-state index contributed by atoms with van der Waals surface area (Å²) in [6, 6.07) is 3.76. The number of hydrogen-bond acceptors (Lipinski definition) is 6. The van der Waals surface area contributed by atoms with E-state index in [1.165, 1.54) is 18.2 Å². The van der Waals surface area contributed by atoms with Crippen LogP contribution in [0.25, 0.3) is 0 Å². The predicted molar refractivity (Wildman–Crippen MR) is 77.1 cm³/mol. The minimum atomic E-state index is -3.76. The van der Waals surface area contributed by atoms with Crippen molar-refractivity contribution in [3.05, 3.63) is 23.8 Å². The van der Waals surface area contributed by atoms with Crippen molar-refractivity contribution >= 4 is 21.6 Å². The molecule has 21 heavy (non-hydrogen) atoms. The molecule has 118 valence electrons. The number of rotatable bonds is 9. The van der Waals surface area contributed by atoms with Gasteiger partial charge in [-0.05, 0) is 24.6 Å². The van der Waals surface area contributed by atoms with Gasteiger partial charge in [-0.2, -0.15) is 0 Å². The lowest BCUT2D eigenvalue weighted by molar-refractivity contribution is 0.0913. The molecule has 1 aromatic carbocycles. The lowest BCUT2D eigenvalue weighted by Gasteiger charge is -2.10. The minimum Gasteiger partial charge on any atom is -0.398 e. The van der Waals surface area contributed by atoms with Crippen molar-refractivity contribution < 1.29 is 23.1 Å². The SMILES string of the molecule is NC(=O)c1ccc(S(=O)(=O)NCCCOCCO)c(N)c1. The quantitative estimate of drug-likeness (QED) is 0.341. The Kier molecular flexibility index (Phi) is 6.56. The minimum absolute atomic E-state index is 0.0460. The summed E-state index contributed by atoms with van der Waals surface area (Å²) in [7, 11) is -3.76. The van der Waals surface area contributed by atoms with Crippen LogP contribution in [0.1, 0.15) is 16.8 Å². The number of aliphatic hydroxyl groups excluding tert-OH is 1. The van der Waals surface area contributed by atoms with E-state index in [0.717, 1.165) is 0 Å². The Balaban J connectivity index is 2.64. The molecule has 1 rings (SSSR count). The molecular weight excluding hydrogens is 298 g/mol. The number of ether oxygens (including phenoxy) is 1. The van der Waals surface area contributed by atoms with E-state index in [1.807, 2.05) is 0 Å². The standard InChI is InChI=1S/C12H19N3O5S/c13-10-8-9(12(14)17)2-3-11(10)21(18,19)15-4-1-6-20-7-5-16/h2-3,8,15-16H,1,4-7,13H2,(H2,14,17). The van der Waals surface area contributed by atoms with Crippen LogP contribution < -0.4 is 16.2 Å². The van der Waals surface area contributed by atoms with Crippen molar-refractivity contribution in [1.82, 2.24) is 4.72 Å². The predicted octanol–water partition coefficient (Wildman–Crippen LogP) is -0.955. The molecule has 0 heterocycles. The summed E-state index contributed by atoms with van der Waals surface area (Å²) in [6.45, 7) is 0.646. The highest BCUT2D eigenvalue weighted by Crippen LogP contribution is 2.19. The smallest absolute Gasteiger partial charge is 0.248 e. The fourth-order valence-electron chi connectivity index (χ4n) is 1.57. The number of carbonyl (C=O) groups is 1. The van der Waals surface area contributed by atoms with Crippen LogP contribution in [0.5, 0.6) is 0 Å². The number of sulfonamides is 1. The maximum atomic E-state index is 12.0. The van der Waals surface area contributed by atoms with Gasteiger partial charge in [0.05, 0.1) is 18.9 Å². The summed E-state index contributed by atoms with van der Waals surface area (Å²) in [5.41, 5.74) is 10.8. The van der Waals surface area contributed by atoms with Crippen molar-refractivity contribution in [2.75, 3.05) is 32.1 Å². The van der Waals surface area contributed by atoms with Crippen molar-refractivity contribution in [3.63, 3.8) is 0 Å². The second-order valence-electron chi connectivity index (χ2n) is 4.20. The molecular formula is C12H19N3O5S. The monoisotopic (exact) mass is 317 g/mol. The normalized spacial score (nSPS) is 11.5. The molecule has 0 saturated carbocycles. The summed E-state index contributed by atoms with van der Waals surface area (Å²) in [6.07, 6.45) is 0.457. The van der Waals surface area contributed by atoms with E-state index in [2.05, 4.69) is 4.72 Å². The maximum Gasteiger partial charge on any atom is 0.248 e. The molecule has 0 aliphatic rings. The van der Waals surface area contributed by atoms with Gasteiger partial charge in [-0.3, -0.25) is 4.79 Å². The van der Waals surface area contributed by atoms with Gasteiger partial charge >= 0.3 is 0 Å². The number of nitrogen functional groups attached to an aromatic ring is 1. The molecule has 0 saturated heterocycles. The number of carbonyl (C=O) groups excluding carboxylic acids is 1. The summed E-state index contributed by atoms with van der Waals surface area (Å²) in [4.78, 5) is 10.9. The van der Waals surface area contributed by atoms with E-state index in [4.69, 9.17) is 21.3 Å². The molecule has 0 aromatic heterocycles. The molecule has 6 N–H and O–H groups in total. The number of anilines is 1. The van der Waals surface area contributed by atoms with Crippen LogP contribution >= 0.6 is 0 Å². The van der Waals surface area contributed by atoms with Gasteiger partial charge in [0.15, 0.2) is 0 Å². The lowest BCUT2D eigenvalue weighted by Crippen LogP contribution is -2.26. The van der Waals surface area contributed by atoms with Gasteiger partial charge < -0.3 is 21.3 Å². The van der Waals surface area contributed by atoms with E-state index in [-0.39, 0.29) is 35.9 Å². The Morgan fingerprint density at radius 1 is 1.33 bits per heavy atom. The first kappa shape index (κ1) is 17.4. The number of benzene rings is 1. The third-order valence-corrected chi connectivity index (χ3v) is 4.11. The van der Waals surface area contributed by atoms with Gasteiger partial charge in [0.1, 0.15) is 4.90 Å². The molecule has 0 aliphatic heterocycles. The van der Waals surface area contributed by atoms with E-state index in [1.54, 1.807) is 0 Å². The number of nitrogens with one attached hydrogen (secondary N) is 1. The Bertz CT molecular complexity index is 589. The largest absolute Gasteiger partial charge is 0.398 e. The van der Waals surface area contributed by atoms with Crippen LogP contribution in [-0.4, -0.2) is 45.8 Å². The Morgan fingerprint density at radius 2 is 2.05 bits per heavy atom. The highest BCUT2D eigenvalue weighted by molar-refractivity contribution is 7.89. The lowest BCUT2D eigenvalue weighted by atomic mass is 10.2. The molecule has 0 spiro atoms. The number of hydrogen-bond donors (Lipinski definition) is 4. The number of aliphatic hydroxyl groups is 1. The molecule has 1 aromatic rings. The second kappa shape index (κ2) is 7.93. The molecule has 0 bridgehead atoms. The van der Waals surface area contributed by atoms with Gasteiger partial charge in [-0.15, -0.1) is 0 Å². The van der Waals surface area contributed by atoms with Gasteiger partial charge in [-0.25, -0.2) is 13.1 Å². The first-order chi connectivity index (χ1) is 9.88. The number of nitrogens with two attached hydrogens (primary N) is 2. The molecule has 0 aliphatic carbocycles. The van der Waals surface area contributed by atoms with Crippen molar-refractivity contribution in [3.8, 4) is 0 Å². The third kappa shape index (κ3) is 5.31. The topological polar surface area (TPSA) is 145 Å². The molecule has 1 amide bonds. The summed E-state index contributed by atoms with van der Waals surface area (Å²) in [5.74, 6) is -0.681. The van der Waals surface area contributed by atoms with Crippen LogP contribution in [0.2, 0.25) is 0 Å². The molecule has 0 unspecified atom stereocenters. The van der Waals surface area contributed by atoms with E-state index < -0.39 is 15.9 Å². The highest BCUT2D eigenvalue weighted by Gasteiger charge is 2.17. The Morgan fingerprint density at radius 3 is 2.62 bits per heavy atom. The maximum absolute atomic E-state index is 12.0. The Hall–Kier alpha value is -1.68. The summed E-state index contributed by atoms with van der Waals surface area (Å²) >= 11 is 0. The molecule has 0 atom stereocenters. The van der Waals surface area contributed by atoms with Crippen molar-refractivity contribution in [2.45, 2.75) is 11.3 Å². The molecule has 0 radical (unpaired) electrons. The van der Waals surface area contributed by atoms with Crippen molar-refractivity contribution in [1.29, 1.82) is 0 Å².